The van der Waals surface area contributed by atoms with E-state index in [9.17, 15) is 0 Å². The quantitative estimate of drug-likeness (QED) is 0.710. The van der Waals surface area contributed by atoms with E-state index < -0.39 is 0 Å². The lowest BCUT2D eigenvalue weighted by Gasteiger charge is -2.20. The summed E-state index contributed by atoms with van der Waals surface area (Å²) in [6, 6.07) is 0. The van der Waals surface area contributed by atoms with Crippen LogP contribution in [-0.4, -0.2) is 32.2 Å². The van der Waals surface area contributed by atoms with Gasteiger partial charge in [-0.15, -0.1) is 0 Å². The fraction of sp³-hybridized carbons (Fsp3) is 1.00. The van der Waals surface area contributed by atoms with E-state index in [1.165, 1.54) is 25.7 Å². The molecule has 2 fully saturated rings. The highest BCUT2D eigenvalue weighted by Gasteiger charge is 2.11. The number of ether oxygens (including phenoxy) is 3. The van der Waals surface area contributed by atoms with E-state index in [1.54, 1.807) is 0 Å². The van der Waals surface area contributed by atoms with Crippen molar-refractivity contribution in [3.63, 3.8) is 0 Å². The molecule has 0 aromatic heterocycles. The highest BCUT2D eigenvalue weighted by atomic mass is 16.7. The third kappa shape index (κ3) is 5.50. The van der Waals surface area contributed by atoms with Gasteiger partial charge in [-0.05, 0) is 32.1 Å². The predicted molar refractivity (Wildman–Crippen MR) is 59.9 cm³/mol. The minimum Gasteiger partial charge on any atom is -0.378 e. The van der Waals surface area contributed by atoms with Crippen molar-refractivity contribution in [3.05, 3.63) is 0 Å². The normalized spacial score (nSPS) is 27.2. The van der Waals surface area contributed by atoms with Crippen molar-refractivity contribution < 1.29 is 14.2 Å². The zero-order valence-corrected chi connectivity index (χ0v) is 10.0. The summed E-state index contributed by atoms with van der Waals surface area (Å²) >= 11 is 0. The summed E-state index contributed by atoms with van der Waals surface area (Å²) in [6.45, 7) is 6.79. The van der Waals surface area contributed by atoms with E-state index in [2.05, 4.69) is 13.8 Å². The molecule has 2 aliphatic heterocycles. The largest absolute Gasteiger partial charge is 0.378 e. The summed E-state index contributed by atoms with van der Waals surface area (Å²) in [5.74, 6) is 0. The molecule has 2 heterocycles. The van der Waals surface area contributed by atoms with E-state index in [0.717, 1.165) is 26.2 Å². The minimum absolute atomic E-state index is 0.0972. The van der Waals surface area contributed by atoms with Crippen molar-refractivity contribution in [1.29, 1.82) is 0 Å². The molecule has 1 unspecified atom stereocenters. The Morgan fingerprint density at radius 3 is 1.93 bits per heavy atom. The lowest BCUT2D eigenvalue weighted by atomic mass is 10.1. The van der Waals surface area contributed by atoms with Crippen molar-refractivity contribution in [2.75, 3.05) is 19.8 Å². The van der Waals surface area contributed by atoms with Crippen LogP contribution >= 0.6 is 0 Å². The molecule has 3 heteroatoms. The Hall–Kier alpha value is -0.120. The van der Waals surface area contributed by atoms with Crippen LogP contribution in [0.25, 0.3) is 0 Å². The topological polar surface area (TPSA) is 27.7 Å². The molecule has 3 nitrogen and oxygen atoms in total. The van der Waals surface area contributed by atoms with Gasteiger partial charge in [0.05, 0.1) is 19.3 Å². The van der Waals surface area contributed by atoms with Crippen LogP contribution in [0.2, 0.25) is 0 Å². The first kappa shape index (κ1) is 12.9. The van der Waals surface area contributed by atoms with Gasteiger partial charge in [-0.1, -0.05) is 13.8 Å². The first-order valence-electron chi connectivity index (χ1n) is 6.21. The second kappa shape index (κ2) is 8.08. The van der Waals surface area contributed by atoms with Crippen LogP contribution in [0, 0.1) is 0 Å². The van der Waals surface area contributed by atoms with Crippen LogP contribution in [0.4, 0.5) is 0 Å². The van der Waals surface area contributed by atoms with Crippen LogP contribution in [0.3, 0.4) is 0 Å². The summed E-state index contributed by atoms with van der Waals surface area (Å²) in [6.07, 6.45) is 6.79. The molecule has 2 aliphatic rings. The lowest BCUT2D eigenvalue weighted by molar-refractivity contribution is -0.0430. The molecule has 90 valence electrons. The van der Waals surface area contributed by atoms with Crippen LogP contribution < -0.4 is 0 Å². The Morgan fingerprint density at radius 2 is 1.60 bits per heavy atom. The van der Waals surface area contributed by atoms with Gasteiger partial charge in [0.15, 0.2) is 6.29 Å². The lowest BCUT2D eigenvalue weighted by Crippen LogP contribution is -2.17. The highest BCUT2D eigenvalue weighted by Crippen LogP contribution is 2.14. The minimum atomic E-state index is 0.0972. The number of hydrogen-bond donors (Lipinski definition) is 0. The Labute approximate surface area is 93.1 Å². The molecule has 0 N–H and O–H groups in total. The molecule has 0 spiro atoms. The summed E-state index contributed by atoms with van der Waals surface area (Å²) < 4.78 is 15.6. The van der Waals surface area contributed by atoms with Gasteiger partial charge >= 0.3 is 0 Å². The monoisotopic (exact) mass is 216 g/mol. The Balaban J connectivity index is 0.000000151. The first-order valence-corrected chi connectivity index (χ1v) is 6.21. The van der Waals surface area contributed by atoms with E-state index >= 15 is 0 Å². The second-order valence-electron chi connectivity index (χ2n) is 3.98. The third-order valence-corrected chi connectivity index (χ3v) is 2.75. The van der Waals surface area contributed by atoms with E-state index in [-0.39, 0.29) is 6.29 Å². The van der Waals surface area contributed by atoms with Gasteiger partial charge in [-0.2, -0.15) is 0 Å². The number of rotatable bonds is 2. The van der Waals surface area contributed by atoms with Gasteiger partial charge in [-0.25, -0.2) is 0 Å². The maximum atomic E-state index is 5.43. The SMILES string of the molecule is CCC1CCCCO1.CCC1OCCO1. The highest BCUT2D eigenvalue weighted by molar-refractivity contribution is 4.60. The van der Waals surface area contributed by atoms with Gasteiger partial charge < -0.3 is 14.2 Å². The standard InChI is InChI=1S/C7H14O.C5H10O2/c1-2-7-5-3-4-6-8-7;1-2-5-6-3-4-7-5/h7H,2-6H2,1H3;5H,2-4H2,1H3. The molecular formula is C12H24O3. The molecule has 0 radical (unpaired) electrons. The van der Waals surface area contributed by atoms with Crippen molar-refractivity contribution in [2.24, 2.45) is 0 Å². The smallest absolute Gasteiger partial charge is 0.157 e. The van der Waals surface area contributed by atoms with Gasteiger partial charge in [0, 0.05) is 6.61 Å². The molecule has 15 heavy (non-hydrogen) atoms. The van der Waals surface area contributed by atoms with Crippen LogP contribution in [0.5, 0.6) is 0 Å². The van der Waals surface area contributed by atoms with Crippen molar-refractivity contribution in [2.45, 2.75) is 58.3 Å². The summed E-state index contributed by atoms with van der Waals surface area (Å²) in [4.78, 5) is 0. The summed E-state index contributed by atoms with van der Waals surface area (Å²) in [5.41, 5.74) is 0. The molecule has 1 atom stereocenters. The zero-order valence-electron chi connectivity index (χ0n) is 10.0. The fourth-order valence-electron chi connectivity index (χ4n) is 1.77. The van der Waals surface area contributed by atoms with E-state index in [4.69, 9.17) is 14.2 Å². The van der Waals surface area contributed by atoms with Gasteiger partial charge in [0.25, 0.3) is 0 Å². The van der Waals surface area contributed by atoms with Crippen molar-refractivity contribution in [3.8, 4) is 0 Å². The maximum absolute atomic E-state index is 5.43. The van der Waals surface area contributed by atoms with Crippen LogP contribution in [-0.2, 0) is 14.2 Å². The van der Waals surface area contributed by atoms with Gasteiger partial charge in [0.2, 0.25) is 0 Å². The average molecular weight is 216 g/mol. The van der Waals surface area contributed by atoms with Gasteiger partial charge in [-0.3, -0.25) is 0 Å². The van der Waals surface area contributed by atoms with E-state index in [1.807, 2.05) is 0 Å². The van der Waals surface area contributed by atoms with Crippen LogP contribution in [0.1, 0.15) is 46.0 Å². The van der Waals surface area contributed by atoms with Crippen molar-refractivity contribution in [1.82, 2.24) is 0 Å². The summed E-state index contributed by atoms with van der Waals surface area (Å²) in [7, 11) is 0. The second-order valence-corrected chi connectivity index (χ2v) is 3.98. The Kier molecular flexibility index (Phi) is 6.98. The molecule has 0 bridgehead atoms. The summed E-state index contributed by atoms with van der Waals surface area (Å²) in [5, 5.41) is 0. The molecule has 0 amide bonds. The molecular weight excluding hydrogens is 192 g/mol. The fourth-order valence-corrected chi connectivity index (χ4v) is 1.77. The Morgan fingerprint density at radius 1 is 0.867 bits per heavy atom. The number of hydrogen-bond acceptors (Lipinski definition) is 3. The van der Waals surface area contributed by atoms with Crippen LogP contribution in [0.15, 0.2) is 0 Å². The molecule has 0 aliphatic carbocycles. The van der Waals surface area contributed by atoms with Crippen molar-refractivity contribution >= 4 is 0 Å². The molecule has 0 saturated carbocycles. The average Bonchev–Trinajstić information content (AvgIpc) is 2.84. The third-order valence-electron chi connectivity index (χ3n) is 2.75. The van der Waals surface area contributed by atoms with Gasteiger partial charge in [0.1, 0.15) is 0 Å². The molecule has 0 aromatic carbocycles. The van der Waals surface area contributed by atoms with E-state index in [0.29, 0.717) is 6.10 Å². The molecule has 2 saturated heterocycles. The first-order chi connectivity index (χ1) is 7.36. The predicted octanol–water partition coefficient (Wildman–Crippen LogP) is 2.73. The Bertz CT molecular complexity index is 138. The maximum Gasteiger partial charge on any atom is 0.157 e. The zero-order chi connectivity index (χ0) is 10.9. The molecule has 0 aromatic rings. The molecule has 2 rings (SSSR count).